The van der Waals surface area contributed by atoms with E-state index in [2.05, 4.69) is 35.8 Å². The molecule has 0 saturated carbocycles. The fourth-order valence-corrected chi connectivity index (χ4v) is 4.80. The molecule has 0 N–H and O–H groups in total. The standard InChI is InChI=1S/C34H64O4/c1-3-5-7-9-11-13-15-17-18-20-22-24-26-28-30-32-34(36)38-37-33(35)31-29-27-25-23-21-19-16-14-12-10-8-6-4-2/h17-18H,3-16,19-32H2,1-2H3/b18-17-. The van der Waals surface area contributed by atoms with E-state index in [1.165, 1.54) is 128 Å². The third-order valence-corrected chi connectivity index (χ3v) is 7.35. The molecule has 0 aliphatic rings. The van der Waals surface area contributed by atoms with Gasteiger partial charge in [-0.25, -0.2) is 19.4 Å². The molecule has 0 spiro atoms. The molecule has 4 heteroatoms. The Kier molecular flexibility index (Phi) is 30.8. The summed E-state index contributed by atoms with van der Waals surface area (Å²) in [7, 11) is 0. The van der Waals surface area contributed by atoms with Crippen molar-refractivity contribution in [3.05, 3.63) is 12.2 Å². The van der Waals surface area contributed by atoms with Crippen LogP contribution in [0.1, 0.15) is 194 Å². The van der Waals surface area contributed by atoms with Gasteiger partial charge in [0.25, 0.3) is 0 Å². The molecule has 224 valence electrons. The Balaban J connectivity index is 3.32. The molecular formula is C34H64O4. The minimum Gasteiger partial charge on any atom is -0.247 e. The van der Waals surface area contributed by atoms with E-state index in [1.807, 2.05) is 0 Å². The van der Waals surface area contributed by atoms with Crippen molar-refractivity contribution in [1.82, 2.24) is 0 Å². The van der Waals surface area contributed by atoms with E-state index in [0.29, 0.717) is 12.8 Å². The quantitative estimate of drug-likeness (QED) is 0.0413. The van der Waals surface area contributed by atoms with Crippen molar-refractivity contribution >= 4 is 11.9 Å². The van der Waals surface area contributed by atoms with Crippen LogP contribution in [0.3, 0.4) is 0 Å². The maximum absolute atomic E-state index is 11.8. The van der Waals surface area contributed by atoms with Crippen LogP contribution < -0.4 is 0 Å². The summed E-state index contributed by atoms with van der Waals surface area (Å²) in [5.41, 5.74) is 0. The van der Waals surface area contributed by atoms with Crippen molar-refractivity contribution in [2.45, 2.75) is 194 Å². The highest BCUT2D eigenvalue weighted by Crippen LogP contribution is 2.14. The van der Waals surface area contributed by atoms with Crippen LogP contribution in [-0.2, 0) is 19.4 Å². The Bertz CT molecular complexity index is 529. The summed E-state index contributed by atoms with van der Waals surface area (Å²) in [6.07, 6.45) is 37.8. The Labute approximate surface area is 237 Å². The summed E-state index contributed by atoms with van der Waals surface area (Å²) in [6, 6.07) is 0. The van der Waals surface area contributed by atoms with Gasteiger partial charge in [-0.2, -0.15) is 0 Å². The summed E-state index contributed by atoms with van der Waals surface area (Å²) in [6.45, 7) is 4.52. The zero-order chi connectivity index (χ0) is 27.8. The highest BCUT2D eigenvalue weighted by atomic mass is 17.2. The van der Waals surface area contributed by atoms with Gasteiger partial charge in [-0.1, -0.05) is 154 Å². The van der Waals surface area contributed by atoms with Crippen LogP contribution in [-0.4, -0.2) is 11.9 Å². The van der Waals surface area contributed by atoms with E-state index in [9.17, 15) is 9.59 Å². The minimum absolute atomic E-state index is 0.324. The molecule has 0 rings (SSSR count). The normalized spacial score (nSPS) is 11.3. The number of hydrogen-bond acceptors (Lipinski definition) is 4. The smallest absolute Gasteiger partial charge is 0.247 e. The van der Waals surface area contributed by atoms with E-state index >= 15 is 0 Å². The second kappa shape index (κ2) is 31.9. The number of carbonyl (C=O) groups excluding carboxylic acids is 2. The lowest BCUT2D eigenvalue weighted by atomic mass is 10.0. The molecule has 0 fully saturated rings. The zero-order valence-corrected chi connectivity index (χ0v) is 25.6. The maximum atomic E-state index is 11.8. The largest absolute Gasteiger partial charge is 0.355 e. The lowest BCUT2D eigenvalue weighted by Crippen LogP contribution is -2.11. The van der Waals surface area contributed by atoms with Crippen LogP contribution in [0.4, 0.5) is 0 Å². The molecule has 4 nitrogen and oxygen atoms in total. The third-order valence-electron chi connectivity index (χ3n) is 7.35. The number of carbonyl (C=O) groups is 2. The second-order valence-electron chi connectivity index (χ2n) is 11.2. The van der Waals surface area contributed by atoms with Crippen molar-refractivity contribution < 1.29 is 19.4 Å². The molecule has 0 unspecified atom stereocenters. The summed E-state index contributed by atoms with van der Waals surface area (Å²) in [5.74, 6) is -0.854. The van der Waals surface area contributed by atoms with Gasteiger partial charge >= 0.3 is 11.9 Å². The Morgan fingerprint density at radius 1 is 0.395 bits per heavy atom. The SMILES string of the molecule is CCCCCCCC/C=C\CCCCCCCC(=O)OOC(=O)CCCCCCCCCCCCCCC. The molecule has 38 heavy (non-hydrogen) atoms. The lowest BCUT2D eigenvalue weighted by Gasteiger charge is -2.04. The van der Waals surface area contributed by atoms with Gasteiger partial charge in [-0.05, 0) is 38.5 Å². The lowest BCUT2D eigenvalue weighted by molar-refractivity contribution is -0.259. The van der Waals surface area contributed by atoms with Gasteiger partial charge in [0.05, 0.1) is 12.8 Å². The van der Waals surface area contributed by atoms with Crippen LogP contribution >= 0.6 is 0 Å². The third kappa shape index (κ3) is 30.9. The van der Waals surface area contributed by atoms with E-state index in [0.717, 1.165) is 38.5 Å². The first-order chi connectivity index (χ1) is 18.7. The number of unbranched alkanes of at least 4 members (excludes halogenated alkanes) is 23. The van der Waals surface area contributed by atoms with Gasteiger partial charge in [0.1, 0.15) is 0 Å². The summed E-state index contributed by atoms with van der Waals surface area (Å²) < 4.78 is 0. The summed E-state index contributed by atoms with van der Waals surface area (Å²) >= 11 is 0. The predicted octanol–water partition coefficient (Wildman–Crippen LogP) is 11.5. The average molecular weight is 537 g/mol. The van der Waals surface area contributed by atoms with E-state index in [-0.39, 0.29) is 0 Å². The molecule has 0 radical (unpaired) electrons. The molecule has 0 amide bonds. The highest BCUT2D eigenvalue weighted by molar-refractivity contribution is 5.72. The molecule has 0 atom stereocenters. The molecule has 0 aliphatic carbocycles. The van der Waals surface area contributed by atoms with Crippen molar-refractivity contribution in [3.8, 4) is 0 Å². The van der Waals surface area contributed by atoms with Gasteiger partial charge in [0.15, 0.2) is 0 Å². The molecular weight excluding hydrogens is 472 g/mol. The first kappa shape index (κ1) is 36.7. The average Bonchev–Trinajstić information content (AvgIpc) is 2.92. The van der Waals surface area contributed by atoms with E-state index < -0.39 is 11.9 Å². The van der Waals surface area contributed by atoms with Crippen LogP contribution in [0.15, 0.2) is 12.2 Å². The second-order valence-corrected chi connectivity index (χ2v) is 11.2. The van der Waals surface area contributed by atoms with E-state index in [1.54, 1.807) is 0 Å². The fourth-order valence-electron chi connectivity index (χ4n) is 4.80. The van der Waals surface area contributed by atoms with Gasteiger partial charge in [-0.15, -0.1) is 0 Å². The molecule has 0 aromatic heterocycles. The highest BCUT2D eigenvalue weighted by Gasteiger charge is 2.09. The van der Waals surface area contributed by atoms with Crippen LogP contribution in [0.25, 0.3) is 0 Å². The molecule has 0 saturated heterocycles. The van der Waals surface area contributed by atoms with Gasteiger partial charge in [0, 0.05) is 0 Å². The number of hydrogen-bond donors (Lipinski definition) is 0. The molecule has 0 heterocycles. The van der Waals surface area contributed by atoms with Crippen molar-refractivity contribution in [3.63, 3.8) is 0 Å². The van der Waals surface area contributed by atoms with Crippen LogP contribution in [0.2, 0.25) is 0 Å². The van der Waals surface area contributed by atoms with E-state index in [4.69, 9.17) is 0 Å². The van der Waals surface area contributed by atoms with Crippen LogP contribution in [0, 0.1) is 0 Å². The maximum Gasteiger partial charge on any atom is 0.355 e. The Morgan fingerprint density at radius 2 is 0.658 bits per heavy atom. The van der Waals surface area contributed by atoms with Crippen molar-refractivity contribution in [1.29, 1.82) is 0 Å². The molecule has 0 aromatic carbocycles. The monoisotopic (exact) mass is 536 g/mol. The van der Waals surface area contributed by atoms with Gasteiger partial charge < -0.3 is 0 Å². The minimum atomic E-state index is -0.429. The topological polar surface area (TPSA) is 52.6 Å². The Hall–Kier alpha value is -1.32. The molecule has 0 aromatic rings. The molecule has 0 aliphatic heterocycles. The Morgan fingerprint density at radius 3 is 0.974 bits per heavy atom. The first-order valence-electron chi connectivity index (χ1n) is 16.8. The zero-order valence-electron chi connectivity index (χ0n) is 25.6. The summed E-state index contributed by atoms with van der Waals surface area (Å²) in [4.78, 5) is 32.9. The fraction of sp³-hybridized carbons (Fsp3) is 0.882. The van der Waals surface area contributed by atoms with Gasteiger partial charge in [-0.3, -0.25) is 0 Å². The number of allylic oxidation sites excluding steroid dienone is 2. The summed E-state index contributed by atoms with van der Waals surface area (Å²) in [5, 5.41) is 0. The number of rotatable bonds is 29. The first-order valence-corrected chi connectivity index (χ1v) is 16.8. The van der Waals surface area contributed by atoms with Gasteiger partial charge in [0.2, 0.25) is 0 Å². The molecule has 0 bridgehead atoms. The predicted molar refractivity (Wildman–Crippen MR) is 162 cm³/mol. The van der Waals surface area contributed by atoms with Crippen LogP contribution in [0.5, 0.6) is 0 Å². The van der Waals surface area contributed by atoms with Crippen molar-refractivity contribution in [2.24, 2.45) is 0 Å². The van der Waals surface area contributed by atoms with Crippen molar-refractivity contribution in [2.75, 3.05) is 0 Å².